The van der Waals surface area contributed by atoms with Gasteiger partial charge in [0.25, 0.3) is 0 Å². The molecule has 0 radical (unpaired) electrons. The maximum Gasteiger partial charge on any atom is 0.0598 e. The van der Waals surface area contributed by atoms with E-state index in [1.54, 1.807) is 0 Å². The molecule has 4 heteroatoms. The molecule has 0 aliphatic carbocycles. The second-order valence-corrected chi connectivity index (χ2v) is 6.97. The van der Waals surface area contributed by atoms with Crippen molar-refractivity contribution in [3.63, 3.8) is 0 Å². The Morgan fingerprint density at radius 2 is 2.11 bits per heavy atom. The molecular weight excluding hydrogens is 256 g/mol. The first kappa shape index (κ1) is 13.6. The summed E-state index contributed by atoms with van der Waals surface area (Å²) in [6, 6.07) is 5.93. The van der Waals surface area contributed by atoms with Crippen molar-refractivity contribution in [2.75, 3.05) is 0 Å². The van der Waals surface area contributed by atoms with Gasteiger partial charge in [-0.3, -0.25) is 4.90 Å². The molecular formula is C15H24N2OS. The average Bonchev–Trinajstić information content (AvgIpc) is 2.99. The topological polar surface area (TPSA) is 49.5 Å². The number of nitrogens with zero attached hydrogens (tertiary/aromatic N) is 1. The fourth-order valence-electron chi connectivity index (χ4n) is 3.90. The van der Waals surface area contributed by atoms with Gasteiger partial charge in [-0.2, -0.15) is 0 Å². The molecule has 1 aromatic heterocycles. The average molecular weight is 280 g/mol. The van der Waals surface area contributed by atoms with Crippen molar-refractivity contribution in [3.8, 4) is 0 Å². The summed E-state index contributed by atoms with van der Waals surface area (Å²) < 4.78 is 0. The zero-order valence-corrected chi connectivity index (χ0v) is 12.4. The van der Waals surface area contributed by atoms with Crippen LogP contribution < -0.4 is 5.73 Å². The van der Waals surface area contributed by atoms with Crippen LogP contribution in [-0.4, -0.2) is 34.2 Å². The fourth-order valence-corrected chi connectivity index (χ4v) is 4.81. The quantitative estimate of drug-likeness (QED) is 0.891. The number of thiophene rings is 1. The van der Waals surface area contributed by atoms with Crippen molar-refractivity contribution < 1.29 is 5.11 Å². The number of hydrogen-bond acceptors (Lipinski definition) is 4. The highest BCUT2D eigenvalue weighted by Gasteiger charge is 2.45. The number of rotatable bonds is 4. The van der Waals surface area contributed by atoms with Crippen molar-refractivity contribution in [1.82, 2.24) is 4.90 Å². The van der Waals surface area contributed by atoms with Gasteiger partial charge in [-0.25, -0.2) is 0 Å². The Kier molecular flexibility index (Phi) is 3.94. The minimum absolute atomic E-state index is 0.101. The standard InChI is InChI=1S/C15H24N2OS/c1-2-13(16)15(14-4-3-7-19-14)17-10-5-6-11(17)9-12(18)8-10/h3-4,7,10-13,15,18H,2,5-6,8-9,16H2,1H3. The van der Waals surface area contributed by atoms with Crippen molar-refractivity contribution in [3.05, 3.63) is 22.4 Å². The highest BCUT2D eigenvalue weighted by atomic mass is 32.1. The highest BCUT2D eigenvalue weighted by Crippen LogP contribution is 2.43. The van der Waals surface area contributed by atoms with Gasteiger partial charge in [0.05, 0.1) is 12.1 Å². The van der Waals surface area contributed by atoms with Crippen molar-refractivity contribution in [2.24, 2.45) is 5.73 Å². The Morgan fingerprint density at radius 1 is 1.42 bits per heavy atom. The molecule has 19 heavy (non-hydrogen) atoms. The van der Waals surface area contributed by atoms with Crippen LogP contribution in [0.25, 0.3) is 0 Å². The van der Waals surface area contributed by atoms with Crippen LogP contribution in [0.2, 0.25) is 0 Å². The summed E-state index contributed by atoms with van der Waals surface area (Å²) in [6.07, 6.45) is 5.20. The van der Waals surface area contributed by atoms with E-state index in [0.29, 0.717) is 18.1 Å². The molecule has 0 saturated carbocycles. The molecule has 106 valence electrons. The lowest BCUT2D eigenvalue weighted by atomic mass is 9.93. The SMILES string of the molecule is CCC(N)C(c1cccs1)N1C2CCC1CC(O)C2. The van der Waals surface area contributed by atoms with E-state index in [-0.39, 0.29) is 12.1 Å². The minimum Gasteiger partial charge on any atom is -0.393 e. The zero-order valence-electron chi connectivity index (χ0n) is 11.5. The Morgan fingerprint density at radius 3 is 2.63 bits per heavy atom. The molecule has 2 aliphatic heterocycles. The van der Waals surface area contributed by atoms with Crippen LogP contribution in [0.15, 0.2) is 17.5 Å². The van der Waals surface area contributed by atoms with E-state index < -0.39 is 0 Å². The Hall–Kier alpha value is -0.420. The third kappa shape index (κ3) is 2.47. The molecule has 2 fully saturated rings. The molecule has 2 saturated heterocycles. The van der Waals surface area contributed by atoms with Crippen molar-refractivity contribution in [2.45, 2.75) is 69.3 Å². The van der Waals surface area contributed by atoms with Gasteiger partial charge < -0.3 is 10.8 Å². The number of nitrogens with two attached hydrogens (primary N) is 1. The normalized spacial score (nSPS) is 34.4. The number of hydrogen-bond donors (Lipinski definition) is 2. The van der Waals surface area contributed by atoms with Gasteiger partial charge in [0.15, 0.2) is 0 Å². The van der Waals surface area contributed by atoms with Crippen LogP contribution in [0, 0.1) is 0 Å². The molecule has 0 aromatic carbocycles. The summed E-state index contributed by atoms with van der Waals surface area (Å²) in [6.45, 7) is 2.17. The molecule has 0 amide bonds. The van der Waals surface area contributed by atoms with E-state index in [1.807, 2.05) is 11.3 Å². The predicted octanol–water partition coefficient (Wildman–Crippen LogP) is 2.51. The number of aliphatic hydroxyl groups is 1. The van der Waals surface area contributed by atoms with Gasteiger partial charge in [0.1, 0.15) is 0 Å². The summed E-state index contributed by atoms with van der Waals surface area (Å²) in [5.41, 5.74) is 6.43. The van der Waals surface area contributed by atoms with Crippen LogP contribution in [0.3, 0.4) is 0 Å². The molecule has 4 atom stereocenters. The predicted molar refractivity (Wildman–Crippen MR) is 79.2 cm³/mol. The first-order chi connectivity index (χ1) is 9.20. The third-order valence-electron chi connectivity index (χ3n) is 4.80. The lowest BCUT2D eigenvalue weighted by Crippen LogP contribution is -2.51. The summed E-state index contributed by atoms with van der Waals surface area (Å²) in [5.74, 6) is 0. The van der Waals surface area contributed by atoms with E-state index in [0.717, 1.165) is 19.3 Å². The highest BCUT2D eigenvalue weighted by molar-refractivity contribution is 7.10. The van der Waals surface area contributed by atoms with Crippen LogP contribution in [-0.2, 0) is 0 Å². The van der Waals surface area contributed by atoms with Crippen molar-refractivity contribution in [1.29, 1.82) is 0 Å². The second-order valence-electron chi connectivity index (χ2n) is 5.99. The molecule has 1 aromatic rings. The minimum atomic E-state index is -0.101. The number of fused-ring (bicyclic) bond motifs is 2. The van der Waals surface area contributed by atoms with Gasteiger partial charge in [0, 0.05) is 23.0 Å². The smallest absolute Gasteiger partial charge is 0.0598 e. The van der Waals surface area contributed by atoms with Crippen LogP contribution in [0.1, 0.15) is 49.9 Å². The van der Waals surface area contributed by atoms with E-state index in [9.17, 15) is 5.11 Å². The van der Waals surface area contributed by atoms with E-state index in [2.05, 4.69) is 29.3 Å². The van der Waals surface area contributed by atoms with Gasteiger partial charge in [-0.05, 0) is 43.6 Å². The van der Waals surface area contributed by atoms with Gasteiger partial charge in [-0.15, -0.1) is 11.3 Å². The number of piperidine rings is 1. The Labute approximate surface area is 119 Å². The van der Waals surface area contributed by atoms with E-state index in [1.165, 1.54) is 17.7 Å². The Bertz CT molecular complexity index is 394. The molecule has 2 aliphatic rings. The maximum atomic E-state index is 9.96. The van der Waals surface area contributed by atoms with Crippen molar-refractivity contribution >= 4 is 11.3 Å². The molecule has 3 N–H and O–H groups in total. The maximum absolute atomic E-state index is 9.96. The van der Waals surface area contributed by atoms with Gasteiger partial charge in [0.2, 0.25) is 0 Å². The molecule has 0 spiro atoms. The van der Waals surface area contributed by atoms with Gasteiger partial charge in [-0.1, -0.05) is 13.0 Å². The molecule has 3 nitrogen and oxygen atoms in total. The van der Waals surface area contributed by atoms with Crippen LogP contribution in [0.4, 0.5) is 0 Å². The molecule has 3 heterocycles. The zero-order chi connectivity index (χ0) is 13.4. The third-order valence-corrected chi connectivity index (χ3v) is 5.74. The molecule has 4 unspecified atom stereocenters. The monoisotopic (exact) mass is 280 g/mol. The fraction of sp³-hybridized carbons (Fsp3) is 0.733. The first-order valence-electron chi connectivity index (χ1n) is 7.45. The summed E-state index contributed by atoms with van der Waals surface area (Å²) in [4.78, 5) is 4.02. The van der Waals surface area contributed by atoms with Gasteiger partial charge >= 0.3 is 0 Å². The summed E-state index contributed by atoms with van der Waals surface area (Å²) >= 11 is 1.82. The largest absolute Gasteiger partial charge is 0.393 e. The Balaban J connectivity index is 1.88. The first-order valence-corrected chi connectivity index (χ1v) is 8.33. The second kappa shape index (κ2) is 5.52. The number of aliphatic hydroxyl groups excluding tert-OH is 1. The summed E-state index contributed by atoms with van der Waals surface area (Å²) in [5, 5.41) is 12.1. The molecule has 2 bridgehead atoms. The van der Waals surface area contributed by atoms with E-state index >= 15 is 0 Å². The summed E-state index contributed by atoms with van der Waals surface area (Å²) in [7, 11) is 0. The van der Waals surface area contributed by atoms with Crippen LogP contribution in [0.5, 0.6) is 0 Å². The lowest BCUT2D eigenvalue weighted by Gasteiger charge is -2.44. The lowest BCUT2D eigenvalue weighted by molar-refractivity contribution is 0.00328. The van der Waals surface area contributed by atoms with E-state index in [4.69, 9.17) is 5.73 Å². The molecule has 3 rings (SSSR count). The van der Waals surface area contributed by atoms with Crippen LogP contribution >= 0.6 is 11.3 Å².